The lowest BCUT2D eigenvalue weighted by atomic mass is 10.1. The van der Waals surface area contributed by atoms with E-state index in [0.717, 1.165) is 33.2 Å². The second-order valence-corrected chi connectivity index (χ2v) is 5.04. The first-order chi connectivity index (χ1) is 10.4. The van der Waals surface area contributed by atoms with Gasteiger partial charge >= 0.3 is 0 Å². The van der Waals surface area contributed by atoms with E-state index in [-0.39, 0.29) is 12.4 Å². The van der Waals surface area contributed by atoms with Crippen molar-refractivity contribution in [3.05, 3.63) is 78.9 Å². The van der Waals surface area contributed by atoms with Gasteiger partial charge in [0.2, 0.25) is 0 Å². The van der Waals surface area contributed by atoms with E-state index in [0.29, 0.717) is 0 Å². The lowest BCUT2D eigenvalue weighted by Crippen LogP contribution is -1.92. The summed E-state index contributed by atoms with van der Waals surface area (Å²) < 4.78 is 0. The van der Waals surface area contributed by atoms with E-state index >= 15 is 0 Å². The van der Waals surface area contributed by atoms with Crippen molar-refractivity contribution in [3.63, 3.8) is 0 Å². The summed E-state index contributed by atoms with van der Waals surface area (Å²) in [5, 5.41) is 5.77. The molecule has 0 saturated carbocycles. The molecule has 0 atom stereocenters. The highest BCUT2D eigenvalue weighted by Gasteiger charge is 2.04. The van der Waals surface area contributed by atoms with Gasteiger partial charge in [0.25, 0.3) is 0 Å². The molecule has 1 heterocycles. The Labute approximate surface area is 135 Å². The minimum absolute atomic E-state index is 0. The largest absolute Gasteiger partial charge is 0.355 e. The molecular weight excluding hydrogens is 292 g/mol. The van der Waals surface area contributed by atoms with E-state index in [1.807, 2.05) is 42.5 Å². The highest BCUT2D eigenvalue weighted by atomic mass is 35.5. The third kappa shape index (κ3) is 2.61. The number of hydrogen-bond acceptors (Lipinski definition) is 2. The average molecular weight is 307 g/mol. The van der Waals surface area contributed by atoms with Gasteiger partial charge in [-0.1, -0.05) is 42.5 Å². The van der Waals surface area contributed by atoms with E-state index in [9.17, 15) is 0 Å². The van der Waals surface area contributed by atoms with Crippen LogP contribution < -0.4 is 5.32 Å². The van der Waals surface area contributed by atoms with E-state index in [4.69, 9.17) is 4.98 Å². The number of aromatic nitrogens is 1. The Bertz CT molecular complexity index is 920. The van der Waals surface area contributed by atoms with Crippen LogP contribution in [0.1, 0.15) is 0 Å². The van der Waals surface area contributed by atoms with Crippen LogP contribution in [0.15, 0.2) is 78.9 Å². The average Bonchev–Trinajstić information content (AvgIpc) is 2.54. The molecule has 0 aliphatic heterocycles. The minimum Gasteiger partial charge on any atom is -0.355 e. The fourth-order valence-electron chi connectivity index (χ4n) is 2.58. The number of rotatable bonds is 2. The summed E-state index contributed by atoms with van der Waals surface area (Å²) >= 11 is 0. The molecule has 0 saturated heterocycles. The van der Waals surface area contributed by atoms with Gasteiger partial charge < -0.3 is 5.32 Å². The quantitative estimate of drug-likeness (QED) is 0.491. The summed E-state index contributed by atoms with van der Waals surface area (Å²) in [6.07, 6.45) is 0. The number of benzene rings is 3. The number of nitrogens with zero attached hydrogens (tertiary/aromatic N) is 1. The highest BCUT2D eigenvalue weighted by Crippen LogP contribution is 2.28. The summed E-state index contributed by atoms with van der Waals surface area (Å²) in [5.74, 6) is 0. The molecule has 22 heavy (non-hydrogen) atoms. The number of pyridine rings is 1. The Morgan fingerprint density at radius 3 is 2.27 bits per heavy atom. The van der Waals surface area contributed by atoms with E-state index in [1.165, 1.54) is 0 Å². The minimum atomic E-state index is 0. The van der Waals surface area contributed by atoms with Crippen LogP contribution in [-0.4, -0.2) is 4.98 Å². The highest BCUT2D eigenvalue weighted by molar-refractivity contribution is 6.00. The third-order valence-corrected chi connectivity index (χ3v) is 3.61. The van der Waals surface area contributed by atoms with Gasteiger partial charge in [0.1, 0.15) is 0 Å². The Kier molecular flexibility index (Phi) is 3.94. The fourth-order valence-corrected chi connectivity index (χ4v) is 2.58. The zero-order valence-corrected chi connectivity index (χ0v) is 12.7. The monoisotopic (exact) mass is 306 g/mol. The number of nitrogens with one attached hydrogen (secondary N) is 1. The molecule has 0 radical (unpaired) electrons. The van der Waals surface area contributed by atoms with Gasteiger partial charge in [0.15, 0.2) is 0 Å². The lowest BCUT2D eigenvalue weighted by molar-refractivity contribution is 1.49. The maximum Gasteiger partial charge on any atom is 0.0730 e. The molecular formula is C19H15ClN2. The first-order valence-corrected chi connectivity index (χ1v) is 7.01. The Morgan fingerprint density at radius 2 is 1.41 bits per heavy atom. The van der Waals surface area contributed by atoms with Crippen molar-refractivity contribution in [2.45, 2.75) is 0 Å². The second-order valence-electron chi connectivity index (χ2n) is 5.04. The zero-order chi connectivity index (χ0) is 14.1. The zero-order valence-electron chi connectivity index (χ0n) is 11.9. The maximum absolute atomic E-state index is 4.74. The van der Waals surface area contributed by atoms with Crippen LogP contribution in [0.4, 0.5) is 11.4 Å². The van der Waals surface area contributed by atoms with Gasteiger partial charge in [-0.2, -0.15) is 0 Å². The van der Waals surface area contributed by atoms with Gasteiger partial charge in [0, 0.05) is 22.1 Å². The lowest BCUT2D eigenvalue weighted by Gasteiger charge is -2.10. The summed E-state index contributed by atoms with van der Waals surface area (Å²) in [4.78, 5) is 4.74. The molecule has 1 N–H and O–H groups in total. The molecule has 3 aromatic carbocycles. The fraction of sp³-hybridized carbons (Fsp3) is 0. The standard InChI is InChI=1S/C19H14N2.ClH/c1-2-8-15(9-3-1)20-18-11-6-12-19-16(18)13-14-7-4-5-10-17(14)21-19;/h1-13,20H;1H. The predicted octanol–water partition coefficient (Wildman–Crippen LogP) is 5.55. The number of fused-ring (bicyclic) bond motifs is 2. The molecule has 0 fully saturated rings. The van der Waals surface area contributed by atoms with Gasteiger partial charge in [-0.3, -0.25) is 0 Å². The Balaban J connectivity index is 0.00000144. The summed E-state index contributed by atoms with van der Waals surface area (Å²) in [6.45, 7) is 0. The number of anilines is 2. The van der Waals surface area contributed by atoms with Crippen molar-refractivity contribution in [1.82, 2.24) is 4.98 Å². The number of para-hydroxylation sites is 2. The van der Waals surface area contributed by atoms with E-state index < -0.39 is 0 Å². The first kappa shape index (κ1) is 14.4. The maximum atomic E-state index is 4.74. The number of hydrogen-bond donors (Lipinski definition) is 1. The van der Waals surface area contributed by atoms with Crippen molar-refractivity contribution in [3.8, 4) is 0 Å². The molecule has 0 aliphatic carbocycles. The van der Waals surface area contributed by atoms with E-state index in [1.54, 1.807) is 0 Å². The van der Waals surface area contributed by atoms with Crippen molar-refractivity contribution in [1.29, 1.82) is 0 Å². The van der Waals surface area contributed by atoms with Crippen LogP contribution in [-0.2, 0) is 0 Å². The molecule has 0 spiro atoms. The molecule has 0 bridgehead atoms. The van der Waals surface area contributed by atoms with Crippen molar-refractivity contribution < 1.29 is 0 Å². The summed E-state index contributed by atoms with van der Waals surface area (Å²) in [5.41, 5.74) is 4.20. The molecule has 0 amide bonds. The van der Waals surface area contributed by atoms with Gasteiger partial charge in [-0.25, -0.2) is 4.98 Å². The third-order valence-electron chi connectivity index (χ3n) is 3.61. The normalized spacial score (nSPS) is 10.4. The molecule has 4 rings (SSSR count). The SMILES string of the molecule is Cl.c1ccc(Nc2cccc3nc4ccccc4cc23)cc1. The van der Waals surface area contributed by atoms with Crippen molar-refractivity contribution in [2.75, 3.05) is 5.32 Å². The Morgan fingerprint density at radius 1 is 0.682 bits per heavy atom. The topological polar surface area (TPSA) is 24.9 Å². The smallest absolute Gasteiger partial charge is 0.0730 e. The predicted molar refractivity (Wildman–Crippen MR) is 96.2 cm³/mol. The Hall–Kier alpha value is -2.58. The van der Waals surface area contributed by atoms with Crippen LogP contribution in [0.5, 0.6) is 0 Å². The number of halogens is 1. The second kappa shape index (κ2) is 6.04. The van der Waals surface area contributed by atoms with Crippen LogP contribution in [0.25, 0.3) is 21.8 Å². The summed E-state index contributed by atoms with van der Waals surface area (Å²) in [6, 6.07) is 26.8. The first-order valence-electron chi connectivity index (χ1n) is 7.01. The molecule has 4 aromatic rings. The van der Waals surface area contributed by atoms with Crippen LogP contribution in [0.2, 0.25) is 0 Å². The van der Waals surface area contributed by atoms with Crippen molar-refractivity contribution >= 4 is 45.6 Å². The molecule has 3 heteroatoms. The summed E-state index contributed by atoms with van der Waals surface area (Å²) in [7, 11) is 0. The molecule has 0 aliphatic rings. The van der Waals surface area contributed by atoms with Gasteiger partial charge in [-0.15, -0.1) is 12.4 Å². The molecule has 108 valence electrons. The van der Waals surface area contributed by atoms with Gasteiger partial charge in [-0.05, 0) is 36.4 Å². The van der Waals surface area contributed by atoms with Gasteiger partial charge in [0.05, 0.1) is 11.0 Å². The van der Waals surface area contributed by atoms with Crippen molar-refractivity contribution in [2.24, 2.45) is 0 Å². The molecule has 1 aromatic heterocycles. The van der Waals surface area contributed by atoms with Crippen LogP contribution >= 0.6 is 12.4 Å². The van der Waals surface area contributed by atoms with Crippen LogP contribution in [0, 0.1) is 0 Å². The van der Waals surface area contributed by atoms with Crippen LogP contribution in [0.3, 0.4) is 0 Å². The van der Waals surface area contributed by atoms with E-state index in [2.05, 4.69) is 41.7 Å². The molecule has 2 nitrogen and oxygen atoms in total. The molecule has 0 unspecified atom stereocenters.